The molecule has 0 saturated carbocycles. The van der Waals surface area contributed by atoms with Crippen LogP contribution < -0.4 is 5.32 Å². The Morgan fingerprint density at radius 2 is 2.18 bits per heavy atom. The maximum atomic E-state index is 5.49. The van der Waals surface area contributed by atoms with Crippen molar-refractivity contribution in [1.29, 1.82) is 0 Å². The molecule has 0 amide bonds. The SMILES string of the molecule is CCCCOCCNCc1ncccc1CC. The number of unbranched alkanes of at least 4 members (excludes halogenated alkanes) is 1. The van der Waals surface area contributed by atoms with Crippen LogP contribution in [0.3, 0.4) is 0 Å². The lowest BCUT2D eigenvalue weighted by Crippen LogP contribution is -2.20. The molecule has 1 aromatic heterocycles. The fraction of sp³-hybridized carbons (Fsp3) is 0.643. The number of ether oxygens (including phenoxy) is 1. The number of hydrogen-bond acceptors (Lipinski definition) is 3. The van der Waals surface area contributed by atoms with Crippen molar-refractivity contribution in [2.75, 3.05) is 19.8 Å². The largest absolute Gasteiger partial charge is 0.380 e. The molecule has 0 bridgehead atoms. The van der Waals surface area contributed by atoms with E-state index in [1.807, 2.05) is 12.3 Å². The van der Waals surface area contributed by atoms with Crippen LogP contribution in [0.5, 0.6) is 0 Å². The number of aryl methyl sites for hydroxylation is 1. The van der Waals surface area contributed by atoms with Crippen molar-refractivity contribution in [3.8, 4) is 0 Å². The van der Waals surface area contributed by atoms with Gasteiger partial charge >= 0.3 is 0 Å². The van der Waals surface area contributed by atoms with Crippen molar-refractivity contribution >= 4 is 0 Å². The highest BCUT2D eigenvalue weighted by Crippen LogP contribution is 2.05. The summed E-state index contributed by atoms with van der Waals surface area (Å²) in [7, 11) is 0. The second-order valence-corrected chi connectivity index (χ2v) is 4.11. The molecule has 0 aliphatic heterocycles. The third kappa shape index (κ3) is 5.80. The Labute approximate surface area is 105 Å². The summed E-state index contributed by atoms with van der Waals surface area (Å²) >= 11 is 0. The minimum absolute atomic E-state index is 0.786. The quantitative estimate of drug-likeness (QED) is 0.669. The normalized spacial score (nSPS) is 10.7. The van der Waals surface area contributed by atoms with Gasteiger partial charge in [-0.15, -0.1) is 0 Å². The second-order valence-electron chi connectivity index (χ2n) is 4.11. The molecule has 1 rings (SSSR count). The predicted octanol–water partition coefficient (Wildman–Crippen LogP) is 2.55. The molecule has 1 heterocycles. The topological polar surface area (TPSA) is 34.1 Å². The van der Waals surface area contributed by atoms with Crippen molar-refractivity contribution in [2.24, 2.45) is 0 Å². The number of rotatable bonds is 9. The third-order valence-corrected chi connectivity index (χ3v) is 2.72. The predicted molar refractivity (Wildman–Crippen MR) is 71.0 cm³/mol. The lowest BCUT2D eigenvalue weighted by molar-refractivity contribution is 0.133. The summed E-state index contributed by atoms with van der Waals surface area (Å²) < 4.78 is 5.49. The van der Waals surface area contributed by atoms with Gasteiger partial charge in [0.1, 0.15) is 0 Å². The number of pyridine rings is 1. The van der Waals surface area contributed by atoms with Crippen molar-refractivity contribution in [3.63, 3.8) is 0 Å². The average Bonchev–Trinajstić information content (AvgIpc) is 2.38. The molecule has 1 aromatic rings. The third-order valence-electron chi connectivity index (χ3n) is 2.72. The minimum Gasteiger partial charge on any atom is -0.380 e. The van der Waals surface area contributed by atoms with Crippen molar-refractivity contribution < 1.29 is 4.74 Å². The fourth-order valence-electron chi connectivity index (χ4n) is 1.65. The van der Waals surface area contributed by atoms with Crippen LogP contribution in [0.1, 0.15) is 37.9 Å². The van der Waals surface area contributed by atoms with Gasteiger partial charge in [0, 0.05) is 25.9 Å². The molecule has 0 unspecified atom stereocenters. The van der Waals surface area contributed by atoms with Gasteiger partial charge in [0.05, 0.1) is 12.3 Å². The molecule has 3 nitrogen and oxygen atoms in total. The number of nitrogens with zero attached hydrogens (tertiary/aromatic N) is 1. The summed E-state index contributed by atoms with van der Waals surface area (Å²) in [6, 6.07) is 4.14. The molecule has 0 radical (unpaired) electrons. The van der Waals surface area contributed by atoms with Crippen molar-refractivity contribution in [1.82, 2.24) is 10.3 Å². The highest BCUT2D eigenvalue weighted by atomic mass is 16.5. The molecule has 0 fully saturated rings. The van der Waals surface area contributed by atoms with E-state index in [1.54, 1.807) is 0 Å². The van der Waals surface area contributed by atoms with Crippen LogP contribution in [0.2, 0.25) is 0 Å². The van der Waals surface area contributed by atoms with E-state index < -0.39 is 0 Å². The summed E-state index contributed by atoms with van der Waals surface area (Å²) in [5, 5.41) is 3.37. The molecule has 3 heteroatoms. The number of hydrogen-bond donors (Lipinski definition) is 1. The van der Waals surface area contributed by atoms with Gasteiger partial charge in [-0.25, -0.2) is 0 Å². The highest BCUT2D eigenvalue weighted by Gasteiger charge is 2.00. The summed E-state index contributed by atoms with van der Waals surface area (Å²) in [4.78, 5) is 4.39. The van der Waals surface area contributed by atoms with Crippen LogP contribution >= 0.6 is 0 Å². The lowest BCUT2D eigenvalue weighted by atomic mass is 10.1. The molecule has 17 heavy (non-hydrogen) atoms. The highest BCUT2D eigenvalue weighted by molar-refractivity contribution is 5.19. The van der Waals surface area contributed by atoms with Gasteiger partial charge in [-0.3, -0.25) is 4.98 Å². The first-order valence-corrected chi connectivity index (χ1v) is 6.59. The Bertz CT molecular complexity index is 302. The molecule has 0 spiro atoms. The van der Waals surface area contributed by atoms with Gasteiger partial charge in [-0.2, -0.15) is 0 Å². The summed E-state index contributed by atoms with van der Waals surface area (Å²) in [5.74, 6) is 0. The molecule has 1 N–H and O–H groups in total. The van der Waals surface area contributed by atoms with Crippen LogP contribution in [0.25, 0.3) is 0 Å². The Balaban J connectivity index is 2.13. The maximum Gasteiger partial charge on any atom is 0.0591 e. The molecule has 96 valence electrons. The first kappa shape index (κ1) is 14.1. The van der Waals surface area contributed by atoms with Gasteiger partial charge < -0.3 is 10.1 Å². The Morgan fingerprint density at radius 1 is 1.29 bits per heavy atom. The van der Waals surface area contributed by atoms with E-state index in [4.69, 9.17) is 4.74 Å². The van der Waals surface area contributed by atoms with Crippen molar-refractivity contribution in [2.45, 2.75) is 39.7 Å². The molecule has 0 aromatic carbocycles. The summed E-state index contributed by atoms with van der Waals surface area (Å²) in [6.07, 6.45) is 5.24. The second kappa shape index (κ2) is 9.14. The number of nitrogens with one attached hydrogen (secondary N) is 1. The Hall–Kier alpha value is -0.930. The molecule has 0 aliphatic carbocycles. The van der Waals surface area contributed by atoms with E-state index in [0.717, 1.165) is 44.8 Å². The Morgan fingerprint density at radius 3 is 2.94 bits per heavy atom. The van der Waals surface area contributed by atoms with Crippen LogP contribution in [0.4, 0.5) is 0 Å². The van der Waals surface area contributed by atoms with E-state index in [2.05, 4.69) is 30.2 Å². The first-order chi connectivity index (χ1) is 8.38. The number of aromatic nitrogens is 1. The van der Waals surface area contributed by atoms with E-state index in [-0.39, 0.29) is 0 Å². The molecule has 0 aliphatic rings. The van der Waals surface area contributed by atoms with Gasteiger partial charge in [0.2, 0.25) is 0 Å². The lowest BCUT2D eigenvalue weighted by Gasteiger charge is -2.08. The van der Waals surface area contributed by atoms with Crippen molar-refractivity contribution in [3.05, 3.63) is 29.6 Å². The van der Waals surface area contributed by atoms with Crippen LogP contribution in [0.15, 0.2) is 18.3 Å². The molecule has 0 atom stereocenters. The van der Waals surface area contributed by atoms with Crippen LogP contribution in [0, 0.1) is 0 Å². The summed E-state index contributed by atoms with van der Waals surface area (Å²) in [5.41, 5.74) is 2.48. The molecule has 0 saturated heterocycles. The zero-order valence-electron chi connectivity index (χ0n) is 11.0. The fourth-order valence-corrected chi connectivity index (χ4v) is 1.65. The van der Waals surface area contributed by atoms with E-state index in [1.165, 1.54) is 12.0 Å². The van der Waals surface area contributed by atoms with E-state index in [9.17, 15) is 0 Å². The summed E-state index contributed by atoms with van der Waals surface area (Å²) in [6.45, 7) is 7.73. The molecular formula is C14H24N2O. The zero-order valence-corrected chi connectivity index (χ0v) is 11.0. The maximum absolute atomic E-state index is 5.49. The Kier molecular flexibility index (Phi) is 7.60. The van der Waals surface area contributed by atoms with E-state index in [0.29, 0.717) is 0 Å². The first-order valence-electron chi connectivity index (χ1n) is 6.59. The van der Waals surface area contributed by atoms with Crippen LogP contribution in [-0.4, -0.2) is 24.7 Å². The van der Waals surface area contributed by atoms with Gasteiger partial charge in [-0.1, -0.05) is 26.3 Å². The van der Waals surface area contributed by atoms with Gasteiger partial charge in [0.15, 0.2) is 0 Å². The average molecular weight is 236 g/mol. The zero-order chi connectivity index (χ0) is 12.3. The monoisotopic (exact) mass is 236 g/mol. The van der Waals surface area contributed by atoms with Gasteiger partial charge in [-0.05, 0) is 24.5 Å². The smallest absolute Gasteiger partial charge is 0.0591 e. The molecular weight excluding hydrogens is 212 g/mol. The van der Waals surface area contributed by atoms with Gasteiger partial charge in [0.25, 0.3) is 0 Å². The standard InChI is InChI=1S/C14H24N2O/c1-3-5-10-17-11-9-15-12-14-13(4-2)7-6-8-16-14/h6-8,15H,3-5,9-12H2,1-2H3. The van der Waals surface area contributed by atoms with E-state index >= 15 is 0 Å². The van der Waals surface area contributed by atoms with Crippen LogP contribution in [-0.2, 0) is 17.7 Å². The minimum atomic E-state index is 0.786.